The van der Waals surface area contributed by atoms with E-state index in [9.17, 15) is 0 Å². The summed E-state index contributed by atoms with van der Waals surface area (Å²) in [6.45, 7) is 3.96. The highest BCUT2D eigenvalue weighted by Crippen LogP contribution is 2.33. The molecule has 2 unspecified atom stereocenters. The van der Waals surface area contributed by atoms with Gasteiger partial charge in [-0.15, -0.1) is 0 Å². The Morgan fingerprint density at radius 1 is 1.29 bits per heavy atom. The van der Waals surface area contributed by atoms with Crippen molar-refractivity contribution in [1.29, 1.82) is 0 Å². The second-order valence-electron chi connectivity index (χ2n) is 4.97. The lowest BCUT2D eigenvalue weighted by molar-refractivity contribution is 0.118. The molecular formula is C12H24N2. The summed E-state index contributed by atoms with van der Waals surface area (Å²) in [5.74, 6) is 1.04. The second kappa shape index (κ2) is 5.13. The van der Waals surface area contributed by atoms with Gasteiger partial charge >= 0.3 is 0 Å². The highest BCUT2D eigenvalue weighted by molar-refractivity contribution is 4.86. The van der Waals surface area contributed by atoms with E-state index >= 15 is 0 Å². The zero-order valence-electron chi connectivity index (χ0n) is 9.47. The van der Waals surface area contributed by atoms with Crippen LogP contribution in [0.5, 0.6) is 0 Å². The van der Waals surface area contributed by atoms with Gasteiger partial charge in [0.1, 0.15) is 0 Å². The molecule has 2 rings (SSSR count). The van der Waals surface area contributed by atoms with E-state index in [0.29, 0.717) is 0 Å². The van der Waals surface area contributed by atoms with Crippen LogP contribution in [0.2, 0.25) is 0 Å². The van der Waals surface area contributed by atoms with Gasteiger partial charge in [0.2, 0.25) is 0 Å². The highest BCUT2D eigenvalue weighted by Gasteiger charge is 2.31. The molecule has 82 valence electrons. The number of likely N-dealkylation sites (tertiary alicyclic amines) is 1. The van der Waals surface area contributed by atoms with Gasteiger partial charge in [0.05, 0.1) is 0 Å². The van der Waals surface area contributed by atoms with Crippen molar-refractivity contribution >= 4 is 0 Å². The van der Waals surface area contributed by atoms with Gasteiger partial charge in [-0.2, -0.15) is 0 Å². The lowest BCUT2D eigenvalue weighted by Crippen LogP contribution is -2.43. The standard InChI is InChI=1S/C12H24N2/c1-13-7-2-4-11-5-6-12(10-11)14-8-3-9-14/h11-13H,2-10H2,1H3. The smallest absolute Gasteiger partial charge is 0.00980 e. The Labute approximate surface area is 88.1 Å². The quantitative estimate of drug-likeness (QED) is 0.675. The van der Waals surface area contributed by atoms with E-state index in [1.807, 2.05) is 0 Å². The Morgan fingerprint density at radius 2 is 2.14 bits per heavy atom. The molecule has 0 bridgehead atoms. The summed E-state index contributed by atoms with van der Waals surface area (Å²) < 4.78 is 0. The van der Waals surface area contributed by atoms with Crippen molar-refractivity contribution in [3.05, 3.63) is 0 Å². The topological polar surface area (TPSA) is 15.3 Å². The fraction of sp³-hybridized carbons (Fsp3) is 1.00. The van der Waals surface area contributed by atoms with Crippen LogP contribution in [0, 0.1) is 5.92 Å². The van der Waals surface area contributed by atoms with Crippen LogP contribution >= 0.6 is 0 Å². The van der Waals surface area contributed by atoms with Gasteiger partial charge in [-0.1, -0.05) is 0 Å². The molecule has 2 atom stereocenters. The first kappa shape index (κ1) is 10.4. The van der Waals surface area contributed by atoms with Crippen molar-refractivity contribution in [3.8, 4) is 0 Å². The Bertz CT molecular complexity index is 166. The lowest BCUT2D eigenvalue weighted by Gasteiger charge is -2.36. The molecule has 2 aliphatic rings. The van der Waals surface area contributed by atoms with Gasteiger partial charge < -0.3 is 10.2 Å². The molecule has 0 aromatic heterocycles. The molecule has 2 nitrogen and oxygen atoms in total. The van der Waals surface area contributed by atoms with E-state index in [1.54, 1.807) is 0 Å². The highest BCUT2D eigenvalue weighted by atomic mass is 15.2. The third kappa shape index (κ3) is 2.48. The van der Waals surface area contributed by atoms with Gasteiger partial charge in [-0.05, 0) is 71.1 Å². The van der Waals surface area contributed by atoms with Crippen LogP contribution in [-0.2, 0) is 0 Å². The molecule has 14 heavy (non-hydrogen) atoms. The number of rotatable bonds is 5. The molecule has 1 heterocycles. The summed E-state index contributed by atoms with van der Waals surface area (Å²) in [6.07, 6.45) is 8.72. The molecule has 2 fully saturated rings. The summed E-state index contributed by atoms with van der Waals surface area (Å²) in [5.41, 5.74) is 0. The van der Waals surface area contributed by atoms with Crippen molar-refractivity contribution < 1.29 is 0 Å². The summed E-state index contributed by atoms with van der Waals surface area (Å²) in [4.78, 5) is 2.69. The molecule has 0 aromatic carbocycles. The number of nitrogens with zero attached hydrogens (tertiary/aromatic N) is 1. The number of hydrogen-bond donors (Lipinski definition) is 1. The zero-order valence-corrected chi connectivity index (χ0v) is 9.47. The predicted molar refractivity (Wildman–Crippen MR) is 60.5 cm³/mol. The summed E-state index contributed by atoms with van der Waals surface area (Å²) in [7, 11) is 2.05. The van der Waals surface area contributed by atoms with Crippen LogP contribution in [0.4, 0.5) is 0 Å². The van der Waals surface area contributed by atoms with Crippen LogP contribution in [0.3, 0.4) is 0 Å². The first-order chi connectivity index (χ1) is 6.90. The maximum absolute atomic E-state index is 3.24. The second-order valence-corrected chi connectivity index (χ2v) is 4.97. The Kier molecular flexibility index (Phi) is 3.82. The zero-order chi connectivity index (χ0) is 9.80. The van der Waals surface area contributed by atoms with Crippen molar-refractivity contribution in [3.63, 3.8) is 0 Å². The summed E-state index contributed by atoms with van der Waals surface area (Å²) in [5, 5.41) is 3.24. The monoisotopic (exact) mass is 196 g/mol. The third-order valence-electron chi connectivity index (χ3n) is 3.96. The maximum atomic E-state index is 3.24. The van der Waals surface area contributed by atoms with Crippen LogP contribution in [-0.4, -0.2) is 37.6 Å². The molecule has 0 amide bonds. The number of nitrogens with one attached hydrogen (secondary N) is 1. The van der Waals surface area contributed by atoms with Gasteiger partial charge in [-0.25, -0.2) is 0 Å². The first-order valence-electron chi connectivity index (χ1n) is 6.29. The fourth-order valence-electron chi connectivity index (χ4n) is 2.92. The predicted octanol–water partition coefficient (Wildman–Crippen LogP) is 1.86. The number of hydrogen-bond acceptors (Lipinski definition) is 2. The van der Waals surface area contributed by atoms with E-state index < -0.39 is 0 Å². The normalized spacial score (nSPS) is 33.2. The fourth-order valence-corrected chi connectivity index (χ4v) is 2.92. The van der Waals surface area contributed by atoms with Crippen molar-refractivity contribution in [2.75, 3.05) is 26.7 Å². The van der Waals surface area contributed by atoms with Gasteiger partial charge in [-0.3, -0.25) is 0 Å². The Hall–Kier alpha value is -0.0800. The van der Waals surface area contributed by atoms with Crippen LogP contribution in [0.15, 0.2) is 0 Å². The summed E-state index contributed by atoms with van der Waals surface area (Å²) >= 11 is 0. The van der Waals surface area contributed by atoms with Crippen molar-refractivity contribution in [1.82, 2.24) is 10.2 Å². The van der Waals surface area contributed by atoms with E-state index in [-0.39, 0.29) is 0 Å². The minimum Gasteiger partial charge on any atom is -0.320 e. The lowest BCUT2D eigenvalue weighted by atomic mass is 10.0. The SMILES string of the molecule is CNCCCC1CCC(N2CCC2)C1. The van der Waals surface area contributed by atoms with E-state index in [2.05, 4.69) is 17.3 Å². The first-order valence-corrected chi connectivity index (χ1v) is 6.29. The molecule has 1 aliphatic heterocycles. The molecule has 1 N–H and O–H groups in total. The van der Waals surface area contributed by atoms with E-state index in [1.165, 1.54) is 58.2 Å². The van der Waals surface area contributed by atoms with Crippen LogP contribution < -0.4 is 5.32 Å². The third-order valence-corrected chi connectivity index (χ3v) is 3.96. The molecule has 0 spiro atoms. The van der Waals surface area contributed by atoms with Crippen LogP contribution in [0.1, 0.15) is 38.5 Å². The van der Waals surface area contributed by atoms with Crippen molar-refractivity contribution in [2.24, 2.45) is 5.92 Å². The van der Waals surface area contributed by atoms with Gasteiger partial charge in [0.25, 0.3) is 0 Å². The largest absolute Gasteiger partial charge is 0.320 e. The van der Waals surface area contributed by atoms with Gasteiger partial charge in [0.15, 0.2) is 0 Å². The average molecular weight is 196 g/mol. The van der Waals surface area contributed by atoms with Gasteiger partial charge in [0, 0.05) is 6.04 Å². The molecule has 2 heteroatoms. The minimum absolute atomic E-state index is 0.961. The Balaban J connectivity index is 1.61. The molecule has 0 aromatic rings. The minimum atomic E-state index is 0.961. The molecule has 1 saturated heterocycles. The van der Waals surface area contributed by atoms with E-state index in [0.717, 1.165) is 12.0 Å². The molecule has 0 radical (unpaired) electrons. The van der Waals surface area contributed by atoms with E-state index in [4.69, 9.17) is 0 Å². The maximum Gasteiger partial charge on any atom is 0.00980 e. The molecule has 1 aliphatic carbocycles. The molecule has 1 saturated carbocycles. The van der Waals surface area contributed by atoms with Crippen molar-refractivity contribution in [2.45, 2.75) is 44.6 Å². The molecular weight excluding hydrogens is 172 g/mol. The average Bonchev–Trinajstić information content (AvgIpc) is 2.51. The van der Waals surface area contributed by atoms with Crippen LogP contribution in [0.25, 0.3) is 0 Å². The Morgan fingerprint density at radius 3 is 2.79 bits per heavy atom. The summed E-state index contributed by atoms with van der Waals surface area (Å²) in [6, 6.07) is 0.961.